The second kappa shape index (κ2) is 56.9. The van der Waals surface area contributed by atoms with Crippen molar-refractivity contribution in [2.45, 2.75) is 219 Å². The van der Waals surface area contributed by atoms with E-state index in [-0.39, 0.29) is 36.3 Å². The van der Waals surface area contributed by atoms with Crippen LogP contribution in [0.15, 0.2) is 35.3 Å². The lowest BCUT2D eigenvalue weighted by molar-refractivity contribution is -0.144. The summed E-state index contributed by atoms with van der Waals surface area (Å²) < 4.78 is 0. The van der Waals surface area contributed by atoms with Gasteiger partial charge in [0.2, 0.25) is 47.3 Å². The number of anilines is 2. The van der Waals surface area contributed by atoms with Gasteiger partial charge in [-0.3, -0.25) is 86.5 Å². The van der Waals surface area contributed by atoms with Crippen LogP contribution >= 0.6 is 12.6 Å². The number of benzene rings is 1. The molecule has 2 aromatic heterocycles. The Morgan fingerprint density at radius 3 is 1.23 bits per heavy atom. The fourth-order valence-corrected chi connectivity index (χ4v) is 12.6. The fraction of sp³-hybridized carbons (Fsp3) is 0.618. The topological polar surface area (TPSA) is 927 Å². The van der Waals surface area contributed by atoms with Gasteiger partial charge in [0.25, 0.3) is 11.5 Å². The van der Waals surface area contributed by atoms with Crippen LogP contribution in [0.3, 0.4) is 0 Å². The molecule has 21 atom stereocenters. The number of carboxylic acids is 5. The Morgan fingerprint density at radius 2 is 0.823 bits per heavy atom. The molecule has 0 radical (unpaired) electrons. The lowest BCUT2D eigenvalue weighted by Gasteiger charge is -2.26. The number of nitrogens with one attached hydrogen (secondary N) is 10. The minimum atomic E-state index is -2.26. The standard InChI is InChI=1S/C76H113N15O38S.H2/c77-40(72(124)89-44(21-59(112)113)47(98)20-36(31-130)74(126)127)24-84-68(120)34(4-13-55(106)81-26-49(100)62(115)65(118)52(103)29-93)18-45(96)41(10-15-57(108)109)87-71(123)35(5-14-56(107)82-27-50(101)63(116)66(119)53(104)30-94)19-46(97)42(11-16-58(110)111)86-70(122)33(3-12-54(105)80-25-48(99)61(114)64(117)51(102)28-92)17-39(95)8-9-43(75(128)129)88-69(121)32-1-6-37(7-2-32)79-22-38-23-83-67-60(85-38)73(125)91-76(78)90-67;/h1-2,6-7,23,33-36,40-44,48-53,61-66,79,92-94,99-104,114-119,130H,3-5,8-22,24-31,77H2,(H,80,105)(H,81,106)(H,82,107)(H,84,120)(H,86,122)(H,87,123)(H,88,121)(H,89,124)(H,108,109)(H,110,111)(H,112,113)(H,126,127)(H,128,129)(H3,78,83,90,91,125);1H/t33-,34-,35-,36+,40+,41+,42+,43-,44+,48+,49+,50+,51-,52-,53-,61-,62-,63-,64-,65-,66-;/m1./s1/i;1+1. The Balaban J connectivity index is 0.0000581. The van der Waals surface area contributed by atoms with Gasteiger partial charge < -0.3 is 161 Å². The van der Waals surface area contributed by atoms with Gasteiger partial charge in [0, 0.05) is 127 Å². The first kappa shape index (κ1) is 113. The van der Waals surface area contributed by atoms with Gasteiger partial charge >= 0.3 is 29.8 Å². The molecule has 0 aliphatic rings. The Labute approximate surface area is 743 Å². The summed E-state index contributed by atoms with van der Waals surface area (Å²) in [4.78, 5) is 255. The number of hydrogen-bond donors (Lipinski definition) is 33. The summed E-state index contributed by atoms with van der Waals surface area (Å²) in [7, 11) is 0. The number of aliphatic hydroxyl groups excluding tert-OH is 15. The van der Waals surface area contributed by atoms with Crippen molar-refractivity contribution in [3.05, 3.63) is 52.1 Å². The smallest absolute Gasteiger partial charge is 0.326 e. The van der Waals surface area contributed by atoms with E-state index < -0.39 is 394 Å². The molecule has 0 unspecified atom stereocenters. The number of carboxylic acid groups (broad SMARTS) is 5. The third-order valence-electron chi connectivity index (χ3n) is 20.2. The number of carbonyl (C=O) groups is 17. The van der Waals surface area contributed by atoms with Crippen LogP contribution in [0.2, 0.25) is 0 Å². The molecule has 3 aromatic rings. The molecule has 2 heterocycles. The third-order valence-corrected chi connectivity index (χ3v) is 20.6. The molecule has 0 aliphatic carbocycles. The molecular formula is C76H115N15O38S. The highest BCUT2D eigenvalue weighted by molar-refractivity contribution is 7.80. The van der Waals surface area contributed by atoms with Gasteiger partial charge in [0.1, 0.15) is 72.8 Å². The van der Waals surface area contributed by atoms with Crippen LogP contribution in [0.25, 0.3) is 11.2 Å². The maximum absolute atomic E-state index is 14.9. The Morgan fingerprint density at radius 1 is 0.423 bits per heavy atom. The highest BCUT2D eigenvalue weighted by atomic mass is 32.1. The number of rotatable bonds is 66. The average Bonchev–Trinajstić information content (AvgIpc) is 0.816. The number of nitrogen functional groups attached to an aromatic ring is 1. The summed E-state index contributed by atoms with van der Waals surface area (Å²) >= 11 is 3.87. The number of aliphatic hydroxyl groups is 15. The molecule has 1 aromatic carbocycles. The minimum Gasteiger partial charge on any atom is -0.481 e. The fourth-order valence-electron chi connectivity index (χ4n) is 12.3. The Bertz CT molecular complexity index is 4410. The molecule has 728 valence electrons. The molecule has 0 saturated carbocycles. The van der Waals surface area contributed by atoms with Gasteiger partial charge in [0.05, 0.1) is 87.0 Å². The van der Waals surface area contributed by atoms with Gasteiger partial charge in [-0.05, 0) is 62.8 Å². The number of aromatic nitrogens is 4. The largest absolute Gasteiger partial charge is 0.481 e. The van der Waals surface area contributed by atoms with Gasteiger partial charge in [-0.15, -0.1) is 0 Å². The molecule has 130 heavy (non-hydrogen) atoms. The van der Waals surface area contributed by atoms with Gasteiger partial charge in [-0.2, -0.15) is 17.6 Å². The van der Waals surface area contributed by atoms with Crippen molar-refractivity contribution in [2.24, 2.45) is 29.4 Å². The SMILES string of the molecule is Nc1nc2ncc(CNc3ccc(C(=O)N[C@H](CCC(=O)C[C@@H](CCC(=O)NC[C@H](O)[C@@H](O)[C@H](O)[C@H](O)CO)C(=O)N[C@@H](CCC(=O)O)C(=O)C[C@@H](CCC(=O)NC[C@H](O)[C@@H](O)[C@H](O)[C@H](O)CO)C(=O)N[C@@H](CCC(=O)O)C(=O)C[C@@H](CCC(=O)NC[C@H](O)[C@@H](O)[C@H](O)[C@H](O)CO)C(=O)NC[C@H](N)C(=O)N[C@@H](CC(=O)O)C(=O)C[C@@H](CS)C(=O)O)C(=O)O)cc3)nc2c(=O)[nH]1.[2HH]. The molecule has 53 nitrogen and oxygen atoms in total. The number of amides is 8. The van der Waals surface area contributed by atoms with Gasteiger partial charge in [-0.25, -0.2) is 14.8 Å². The molecular weight excluding hydrogens is 1760 g/mol. The van der Waals surface area contributed by atoms with Crippen molar-refractivity contribution >= 4 is 136 Å². The predicted octanol–water partition coefficient (Wildman–Crippen LogP) is -12.5. The van der Waals surface area contributed by atoms with Crippen LogP contribution in [0.4, 0.5) is 11.6 Å². The number of carbonyl (C=O) groups excluding carboxylic acids is 12. The summed E-state index contributed by atoms with van der Waals surface area (Å²) in [5.74, 6) is -30.4. The number of ketones is 4. The molecule has 0 aliphatic heterocycles. The zero-order valence-corrected chi connectivity index (χ0v) is 70.5. The van der Waals surface area contributed by atoms with E-state index >= 15 is 0 Å². The van der Waals surface area contributed by atoms with E-state index in [0.717, 1.165) is 0 Å². The minimum absolute atomic E-state index is 0. The second-order valence-corrected chi connectivity index (χ2v) is 30.7. The highest BCUT2D eigenvalue weighted by Gasteiger charge is 2.39. The maximum Gasteiger partial charge on any atom is 0.326 e. The maximum atomic E-state index is 14.9. The van der Waals surface area contributed by atoms with E-state index in [9.17, 15) is 188 Å². The highest BCUT2D eigenvalue weighted by Crippen LogP contribution is 2.24. The molecule has 54 heteroatoms. The second-order valence-electron chi connectivity index (χ2n) is 30.3. The summed E-state index contributed by atoms with van der Waals surface area (Å²) in [5.41, 5.74) is 11.4. The van der Waals surface area contributed by atoms with E-state index in [1.54, 1.807) is 0 Å². The van der Waals surface area contributed by atoms with Crippen LogP contribution in [-0.2, 0) is 83.3 Å². The van der Waals surface area contributed by atoms with E-state index in [4.69, 9.17) is 11.5 Å². The summed E-state index contributed by atoms with van der Waals surface area (Å²) in [5, 5.41) is 220. The number of nitrogens with two attached hydrogens (primary N) is 2. The van der Waals surface area contributed by atoms with Crippen molar-refractivity contribution in [1.29, 1.82) is 0 Å². The first-order valence-electron chi connectivity index (χ1n) is 40.3. The zero-order valence-electron chi connectivity index (χ0n) is 69.6. The average molecular weight is 1880 g/mol. The number of aliphatic carboxylic acids is 5. The Kier molecular flexibility index (Phi) is 49.3. The quantitative estimate of drug-likeness (QED) is 0.0233. The summed E-state index contributed by atoms with van der Waals surface area (Å²) in [6.45, 7) is -7.03. The number of Topliss-reactive ketones (excluding diaryl/α,β-unsaturated/α-hetero) is 4. The predicted molar refractivity (Wildman–Crippen MR) is 443 cm³/mol. The van der Waals surface area contributed by atoms with E-state index in [0.29, 0.717) is 5.69 Å². The van der Waals surface area contributed by atoms with Crippen molar-refractivity contribution in [1.82, 2.24) is 62.5 Å². The van der Waals surface area contributed by atoms with Crippen LogP contribution < -0.4 is 64.9 Å². The molecule has 0 bridgehead atoms. The number of H-pyrrole nitrogens is 1. The summed E-state index contributed by atoms with van der Waals surface area (Å²) in [6.07, 6.45) is -39.8. The van der Waals surface area contributed by atoms with Crippen LogP contribution in [0.5, 0.6) is 0 Å². The van der Waals surface area contributed by atoms with Gasteiger partial charge in [0.15, 0.2) is 28.5 Å². The number of hydrogen-bond acceptors (Lipinski definition) is 40. The molecule has 34 N–H and O–H groups in total. The molecule has 0 spiro atoms. The number of aromatic amines is 1. The monoisotopic (exact) mass is 1880 g/mol. The van der Waals surface area contributed by atoms with Crippen LogP contribution in [0.1, 0.15) is 127 Å². The summed E-state index contributed by atoms with van der Waals surface area (Å²) in [6, 6.07) is -4.51. The first-order valence-corrected chi connectivity index (χ1v) is 40.9. The van der Waals surface area contributed by atoms with Crippen molar-refractivity contribution in [2.75, 3.05) is 62.8 Å². The van der Waals surface area contributed by atoms with Crippen molar-refractivity contribution in [3.8, 4) is 0 Å². The molecule has 3 rings (SSSR count). The van der Waals surface area contributed by atoms with Gasteiger partial charge in [-0.1, -0.05) is 0 Å². The third kappa shape index (κ3) is 39.5. The zero-order chi connectivity index (χ0) is 98.1. The van der Waals surface area contributed by atoms with Crippen molar-refractivity contribution < 1.29 is 185 Å². The normalized spacial score (nSPS) is 16.3. The molecule has 0 fully saturated rings. The lowest BCUT2D eigenvalue weighted by atomic mass is 9.89. The lowest BCUT2D eigenvalue weighted by Crippen LogP contribution is -2.53. The van der Waals surface area contributed by atoms with E-state index in [2.05, 4.69) is 75.1 Å². The van der Waals surface area contributed by atoms with Crippen molar-refractivity contribution in [3.63, 3.8) is 0 Å². The number of thiol groups is 1. The molecule has 0 saturated heterocycles. The van der Waals surface area contributed by atoms with E-state index in [1.807, 2.05) is 5.32 Å². The van der Waals surface area contributed by atoms with Crippen LogP contribution in [-0.4, -0.2) is 378 Å². The van der Waals surface area contributed by atoms with E-state index in [1.165, 1.54) is 30.5 Å². The number of nitrogens with zero attached hydrogens (tertiary/aromatic N) is 3. The molecule has 8 amide bonds. The first-order chi connectivity index (χ1) is 61.1. The number of fused-ring (bicyclic) bond motifs is 1. The Hall–Kier alpha value is -11.5. The van der Waals surface area contributed by atoms with Crippen LogP contribution in [0, 0.1) is 23.7 Å².